The lowest BCUT2D eigenvalue weighted by Gasteiger charge is -2.39. The minimum atomic E-state index is -1.71. The summed E-state index contributed by atoms with van der Waals surface area (Å²) in [5.41, 5.74) is -1.16. The summed E-state index contributed by atoms with van der Waals surface area (Å²) in [4.78, 5) is 12.8. The second-order valence-electron chi connectivity index (χ2n) is 7.94. The summed E-state index contributed by atoms with van der Waals surface area (Å²) in [7, 11) is 2.60. The molecule has 0 spiro atoms. The van der Waals surface area contributed by atoms with Gasteiger partial charge in [0.1, 0.15) is 35.6 Å². The number of phenols is 2. The van der Waals surface area contributed by atoms with E-state index in [0.717, 1.165) is 12.1 Å². The molecule has 0 bridgehead atoms. The highest BCUT2D eigenvalue weighted by molar-refractivity contribution is 5.93. The van der Waals surface area contributed by atoms with E-state index in [2.05, 4.69) is 0 Å². The fourth-order valence-electron chi connectivity index (χ4n) is 3.88. The van der Waals surface area contributed by atoms with Crippen molar-refractivity contribution in [3.05, 3.63) is 34.5 Å². The van der Waals surface area contributed by atoms with Crippen molar-refractivity contribution in [3.8, 4) is 45.8 Å². The third-order valence-electron chi connectivity index (χ3n) is 5.78. The van der Waals surface area contributed by atoms with Gasteiger partial charge in [-0.05, 0) is 18.2 Å². The molecule has 5 unspecified atom stereocenters. The number of rotatable bonds is 6. The molecule has 0 radical (unpaired) electrons. The van der Waals surface area contributed by atoms with Gasteiger partial charge in [0.2, 0.25) is 23.2 Å². The lowest BCUT2D eigenvalue weighted by molar-refractivity contribution is -0.277. The first-order valence-electron chi connectivity index (χ1n) is 10.6. The van der Waals surface area contributed by atoms with Crippen molar-refractivity contribution >= 4 is 11.0 Å². The molecule has 1 aliphatic heterocycles. The molecular weight excluding hydrogens is 484 g/mol. The Balaban J connectivity index is 1.74. The number of benzene rings is 2. The van der Waals surface area contributed by atoms with Crippen LogP contribution in [0.3, 0.4) is 0 Å². The fraction of sp³-hybridized carbons (Fsp3) is 0.348. The summed E-state index contributed by atoms with van der Waals surface area (Å²) >= 11 is 0. The molecule has 2 aromatic carbocycles. The lowest BCUT2D eigenvalue weighted by Crippen LogP contribution is -2.60. The second kappa shape index (κ2) is 9.72. The monoisotopic (exact) mass is 508 g/mol. The first kappa shape index (κ1) is 25.3. The number of methoxy groups -OCH3 is 2. The maximum absolute atomic E-state index is 12.8. The van der Waals surface area contributed by atoms with Crippen LogP contribution in [0.15, 0.2) is 33.5 Å². The minimum absolute atomic E-state index is 0.0181. The van der Waals surface area contributed by atoms with Crippen molar-refractivity contribution in [3.63, 3.8) is 0 Å². The van der Waals surface area contributed by atoms with Crippen LogP contribution in [0.25, 0.3) is 22.3 Å². The molecule has 36 heavy (non-hydrogen) atoms. The van der Waals surface area contributed by atoms with Crippen LogP contribution in [0.5, 0.6) is 34.5 Å². The molecule has 3 aromatic rings. The molecule has 5 atom stereocenters. The molecule has 2 heterocycles. The third kappa shape index (κ3) is 4.12. The zero-order valence-electron chi connectivity index (χ0n) is 19.0. The van der Waals surface area contributed by atoms with Gasteiger partial charge < -0.3 is 59.1 Å². The highest BCUT2D eigenvalue weighted by Gasteiger charge is 2.45. The summed E-state index contributed by atoms with van der Waals surface area (Å²) < 4.78 is 26.8. The van der Waals surface area contributed by atoms with E-state index in [4.69, 9.17) is 23.4 Å². The van der Waals surface area contributed by atoms with E-state index in [1.165, 1.54) is 26.4 Å². The van der Waals surface area contributed by atoms with Crippen LogP contribution in [-0.2, 0) is 4.74 Å². The van der Waals surface area contributed by atoms with Crippen LogP contribution < -0.4 is 19.6 Å². The maximum Gasteiger partial charge on any atom is 0.238 e. The molecule has 0 aliphatic carbocycles. The molecule has 1 saturated heterocycles. The average molecular weight is 508 g/mol. The standard InChI is InChI=1S/C23H24O13/c1-32-12-6-10(26)14-16(28)18(30)20(36-22(14)21(12)33-2)8-3-4-11(9(25)5-8)34-23-19(31)17(29)15(27)13(7-24)35-23/h3-6,13,15,17,19,23-27,29-31H,7H2,1-2H3. The number of aromatic hydroxyl groups is 3. The summed E-state index contributed by atoms with van der Waals surface area (Å²) in [5.74, 6) is -2.46. The maximum atomic E-state index is 12.8. The SMILES string of the molecule is COc1cc(O)c2c(=O)c(O)c(-c3ccc(OC4OC(CO)C(O)C(O)C4O)c(O)c3)oc2c1OC. The van der Waals surface area contributed by atoms with E-state index in [1.54, 1.807) is 0 Å². The number of hydrogen-bond donors (Lipinski definition) is 7. The van der Waals surface area contributed by atoms with E-state index in [0.29, 0.717) is 0 Å². The first-order valence-corrected chi connectivity index (χ1v) is 10.6. The van der Waals surface area contributed by atoms with Gasteiger partial charge in [-0.2, -0.15) is 0 Å². The van der Waals surface area contributed by atoms with E-state index in [9.17, 15) is 40.5 Å². The molecule has 1 aromatic heterocycles. The van der Waals surface area contributed by atoms with Gasteiger partial charge in [0.05, 0.1) is 20.8 Å². The molecule has 7 N–H and O–H groups in total. The van der Waals surface area contributed by atoms with Crippen LogP contribution in [0, 0.1) is 0 Å². The van der Waals surface area contributed by atoms with Gasteiger partial charge in [-0.3, -0.25) is 4.79 Å². The van der Waals surface area contributed by atoms with E-state index >= 15 is 0 Å². The number of fused-ring (bicyclic) bond motifs is 1. The minimum Gasteiger partial charge on any atom is -0.507 e. The third-order valence-corrected chi connectivity index (χ3v) is 5.78. The van der Waals surface area contributed by atoms with Crippen molar-refractivity contribution in [1.29, 1.82) is 0 Å². The second-order valence-corrected chi connectivity index (χ2v) is 7.94. The van der Waals surface area contributed by atoms with Crippen molar-refractivity contribution < 1.29 is 59.1 Å². The molecule has 1 fully saturated rings. The van der Waals surface area contributed by atoms with Gasteiger partial charge in [0.15, 0.2) is 28.6 Å². The van der Waals surface area contributed by atoms with Crippen LogP contribution in [0.1, 0.15) is 0 Å². The van der Waals surface area contributed by atoms with Crippen LogP contribution in [0.2, 0.25) is 0 Å². The summed E-state index contributed by atoms with van der Waals surface area (Å²) in [6.07, 6.45) is -7.75. The van der Waals surface area contributed by atoms with Gasteiger partial charge in [0.25, 0.3) is 0 Å². The quantitative estimate of drug-likeness (QED) is 0.230. The molecule has 1 aliphatic rings. The van der Waals surface area contributed by atoms with E-state index < -0.39 is 60.0 Å². The number of aliphatic hydroxyl groups is 4. The van der Waals surface area contributed by atoms with E-state index in [1.807, 2.05) is 0 Å². The molecule has 13 nitrogen and oxygen atoms in total. The van der Waals surface area contributed by atoms with Crippen LogP contribution >= 0.6 is 0 Å². The predicted octanol–water partition coefficient (Wildman–Crippen LogP) is -0.227. The normalized spacial score (nSPS) is 24.0. The predicted molar refractivity (Wildman–Crippen MR) is 120 cm³/mol. The molecule has 13 heteroatoms. The molecular formula is C23H24O13. The van der Waals surface area contributed by atoms with Gasteiger partial charge in [-0.1, -0.05) is 0 Å². The van der Waals surface area contributed by atoms with Gasteiger partial charge in [-0.25, -0.2) is 0 Å². The molecule has 194 valence electrons. The Morgan fingerprint density at radius 2 is 1.64 bits per heavy atom. The Bertz CT molecular complexity index is 1330. The van der Waals surface area contributed by atoms with Crippen LogP contribution in [0.4, 0.5) is 0 Å². The van der Waals surface area contributed by atoms with Crippen molar-refractivity contribution in [2.75, 3.05) is 20.8 Å². The zero-order chi connectivity index (χ0) is 26.3. The highest BCUT2D eigenvalue weighted by atomic mass is 16.7. The summed E-state index contributed by atoms with van der Waals surface area (Å²) in [6, 6.07) is 4.72. The van der Waals surface area contributed by atoms with E-state index in [-0.39, 0.29) is 39.5 Å². The molecule has 0 amide bonds. The summed E-state index contributed by atoms with van der Waals surface area (Å²) in [6.45, 7) is -0.667. The Kier molecular flexibility index (Phi) is 6.84. The highest BCUT2D eigenvalue weighted by Crippen LogP contribution is 2.44. The Hall–Kier alpha value is -3.75. The van der Waals surface area contributed by atoms with Gasteiger partial charge in [-0.15, -0.1) is 0 Å². The largest absolute Gasteiger partial charge is 0.507 e. The number of phenolic OH excluding ortho intramolecular Hbond substituents is 2. The Morgan fingerprint density at radius 3 is 2.25 bits per heavy atom. The smallest absolute Gasteiger partial charge is 0.238 e. The molecule has 4 rings (SSSR count). The number of ether oxygens (including phenoxy) is 4. The van der Waals surface area contributed by atoms with Crippen molar-refractivity contribution in [2.45, 2.75) is 30.7 Å². The fourth-order valence-corrected chi connectivity index (χ4v) is 3.88. The topological polar surface area (TPSA) is 209 Å². The molecule has 0 saturated carbocycles. The number of hydrogen-bond acceptors (Lipinski definition) is 13. The van der Waals surface area contributed by atoms with Crippen molar-refractivity contribution in [2.24, 2.45) is 0 Å². The van der Waals surface area contributed by atoms with Crippen LogP contribution in [-0.4, -0.2) is 87.3 Å². The Labute approximate surface area is 202 Å². The zero-order valence-corrected chi connectivity index (χ0v) is 19.0. The number of aliphatic hydroxyl groups excluding tert-OH is 4. The first-order chi connectivity index (χ1) is 17.1. The summed E-state index contributed by atoms with van der Waals surface area (Å²) in [5, 5.41) is 70.1. The average Bonchev–Trinajstić information content (AvgIpc) is 2.86. The lowest BCUT2D eigenvalue weighted by atomic mass is 9.99. The van der Waals surface area contributed by atoms with Gasteiger partial charge >= 0.3 is 0 Å². The van der Waals surface area contributed by atoms with Crippen molar-refractivity contribution in [1.82, 2.24) is 0 Å². The Morgan fingerprint density at radius 1 is 0.917 bits per heavy atom. The van der Waals surface area contributed by atoms with Gasteiger partial charge in [0, 0.05) is 11.6 Å².